The molecule has 0 aliphatic carbocycles. The lowest BCUT2D eigenvalue weighted by molar-refractivity contribution is 0.0983. The second-order valence-electron chi connectivity index (χ2n) is 4.05. The number of para-hydroxylation sites is 1. The summed E-state index contributed by atoms with van der Waals surface area (Å²) in [6.07, 6.45) is 1.52. The highest BCUT2D eigenvalue weighted by Gasteiger charge is 2.23. The molecule has 0 saturated heterocycles. The average molecular weight is 260 g/mol. The maximum Gasteiger partial charge on any atom is 0.279 e. The van der Waals surface area contributed by atoms with Crippen LogP contribution in [0.4, 0.5) is 5.69 Å². The molecular weight excluding hydrogens is 248 g/mol. The number of carbonyl (C=O) groups excluding carboxylic acids is 1. The molecule has 0 radical (unpaired) electrons. The number of rotatable bonds is 1. The third-order valence-corrected chi connectivity index (χ3v) is 3.41. The molecule has 1 aliphatic heterocycles. The van der Waals surface area contributed by atoms with E-state index in [1.54, 1.807) is 4.90 Å². The van der Waals surface area contributed by atoms with Gasteiger partial charge in [-0.05, 0) is 11.6 Å². The fraction of sp³-hybridized carbons (Fsp3) is 0.250. The summed E-state index contributed by atoms with van der Waals surface area (Å²) in [5.74, 6) is -0.0834. The van der Waals surface area contributed by atoms with Crippen molar-refractivity contribution in [3.63, 3.8) is 0 Å². The summed E-state index contributed by atoms with van der Waals surface area (Å²) in [6, 6.07) is 7.94. The predicted molar refractivity (Wildman–Crippen MR) is 69.7 cm³/mol. The van der Waals surface area contributed by atoms with Crippen molar-refractivity contribution in [1.82, 2.24) is 14.1 Å². The molecule has 6 heteroatoms. The Balaban J connectivity index is 1.99. The van der Waals surface area contributed by atoms with Crippen LogP contribution in [0.3, 0.4) is 0 Å². The summed E-state index contributed by atoms with van der Waals surface area (Å²) in [5, 5.41) is 3.31. The summed E-state index contributed by atoms with van der Waals surface area (Å²) in [5.41, 5.74) is 2.50. The van der Waals surface area contributed by atoms with Crippen LogP contribution in [0.1, 0.15) is 16.1 Å². The molecule has 3 rings (SSSR count). The molecule has 0 spiro atoms. The van der Waals surface area contributed by atoms with Crippen LogP contribution in [0.25, 0.3) is 0 Å². The van der Waals surface area contributed by atoms with Crippen molar-refractivity contribution in [3.8, 4) is 0 Å². The van der Waals surface area contributed by atoms with Crippen LogP contribution >= 0.6 is 11.7 Å². The Labute approximate surface area is 109 Å². The molecule has 0 saturated carbocycles. The number of fused-ring (bicyclic) bond motifs is 1. The molecule has 1 amide bonds. The Morgan fingerprint density at radius 2 is 2.28 bits per heavy atom. The zero-order chi connectivity index (χ0) is 12.4. The van der Waals surface area contributed by atoms with Gasteiger partial charge in [-0.3, -0.25) is 4.79 Å². The third-order valence-electron chi connectivity index (χ3n) is 2.94. The molecule has 1 N–H and O–H groups in total. The molecule has 18 heavy (non-hydrogen) atoms. The van der Waals surface area contributed by atoms with Gasteiger partial charge in [-0.1, -0.05) is 18.2 Å². The first-order valence-electron chi connectivity index (χ1n) is 5.74. The van der Waals surface area contributed by atoms with E-state index in [1.165, 1.54) is 6.20 Å². The fourth-order valence-electron chi connectivity index (χ4n) is 2.07. The van der Waals surface area contributed by atoms with Crippen molar-refractivity contribution in [2.75, 3.05) is 18.0 Å². The van der Waals surface area contributed by atoms with Gasteiger partial charge in [0, 0.05) is 25.3 Å². The summed E-state index contributed by atoms with van der Waals surface area (Å²) in [7, 11) is 0. The standard InChI is InChI=1S/C12H12N4OS/c17-12(10-8-14-18-15-10)16-6-5-13-7-9-3-1-2-4-11(9)16/h1-4,8,13H,5-7H2. The largest absolute Gasteiger partial charge is 0.311 e. The highest BCUT2D eigenvalue weighted by Crippen LogP contribution is 2.23. The normalized spacial score (nSPS) is 15.0. The van der Waals surface area contributed by atoms with Crippen molar-refractivity contribution in [2.24, 2.45) is 0 Å². The van der Waals surface area contributed by atoms with Crippen molar-refractivity contribution in [1.29, 1.82) is 0 Å². The van der Waals surface area contributed by atoms with Gasteiger partial charge >= 0.3 is 0 Å². The second kappa shape index (κ2) is 4.83. The summed E-state index contributed by atoms with van der Waals surface area (Å²) >= 11 is 1.06. The van der Waals surface area contributed by atoms with E-state index in [0.29, 0.717) is 12.2 Å². The number of nitrogens with zero attached hydrogens (tertiary/aromatic N) is 3. The quantitative estimate of drug-likeness (QED) is 0.839. The maximum absolute atomic E-state index is 12.4. The van der Waals surface area contributed by atoms with Gasteiger partial charge in [0.2, 0.25) is 0 Å². The molecular formula is C12H12N4OS. The molecule has 0 atom stereocenters. The van der Waals surface area contributed by atoms with Crippen molar-refractivity contribution >= 4 is 23.3 Å². The van der Waals surface area contributed by atoms with E-state index in [1.807, 2.05) is 24.3 Å². The van der Waals surface area contributed by atoms with Crippen LogP contribution in [0, 0.1) is 0 Å². The predicted octanol–water partition coefficient (Wildman–Crippen LogP) is 1.29. The Morgan fingerprint density at radius 3 is 3.11 bits per heavy atom. The van der Waals surface area contributed by atoms with Gasteiger partial charge in [-0.2, -0.15) is 8.75 Å². The van der Waals surface area contributed by atoms with Crippen LogP contribution in [-0.4, -0.2) is 27.7 Å². The molecule has 1 aromatic carbocycles. The minimum absolute atomic E-state index is 0.0834. The topological polar surface area (TPSA) is 58.1 Å². The number of nitrogens with one attached hydrogen (secondary N) is 1. The zero-order valence-electron chi connectivity index (χ0n) is 9.67. The summed E-state index contributed by atoms with van der Waals surface area (Å²) in [4.78, 5) is 14.1. The Morgan fingerprint density at radius 1 is 1.39 bits per heavy atom. The first-order chi connectivity index (χ1) is 8.86. The molecule has 1 aromatic heterocycles. The molecule has 92 valence electrons. The number of hydrogen-bond acceptors (Lipinski definition) is 5. The first kappa shape index (κ1) is 11.3. The minimum atomic E-state index is -0.0834. The maximum atomic E-state index is 12.4. The second-order valence-corrected chi connectivity index (χ2v) is 4.61. The van der Waals surface area contributed by atoms with E-state index in [0.717, 1.165) is 36.1 Å². The van der Waals surface area contributed by atoms with Gasteiger partial charge in [0.15, 0.2) is 5.69 Å². The fourth-order valence-corrected chi connectivity index (χ4v) is 2.47. The van der Waals surface area contributed by atoms with Gasteiger partial charge in [0.05, 0.1) is 17.9 Å². The number of carbonyl (C=O) groups is 1. The summed E-state index contributed by atoms with van der Waals surface area (Å²) < 4.78 is 7.90. The Hall–Kier alpha value is -1.79. The van der Waals surface area contributed by atoms with Gasteiger partial charge in [-0.15, -0.1) is 0 Å². The lowest BCUT2D eigenvalue weighted by Gasteiger charge is -2.21. The van der Waals surface area contributed by atoms with Crippen LogP contribution in [0.2, 0.25) is 0 Å². The van der Waals surface area contributed by atoms with E-state index >= 15 is 0 Å². The Kier molecular flexibility index (Phi) is 3.04. The molecule has 0 fully saturated rings. The minimum Gasteiger partial charge on any atom is -0.311 e. The molecule has 0 unspecified atom stereocenters. The third kappa shape index (κ3) is 2.00. The zero-order valence-corrected chi connectivity index (χ0v) is 10.5. The van der Waals surface area contributed by atoms with Crippen molar-refractivity contribution in [3.05, 3.63) is 41.7 Å². The summed E-state index contributed by atoms with van der Waals surface area (Å²) in [6.45, 7) is 2.21. The van der Waals surface area contributed by atoms with E-state index < -0.39 is 0 Å². The van der Waals surface area contributed by atoms with E-state index in [9.17, 15) is 4.79 Å². The average Bonchev–Trinajstić information content (AvgIpc) is 2.85. The van der Waals surface area contributed by atoms with Crippen LogP contribution in [0.15, 0.2) is 30.5 Å². The number of benzene rings is 1. The highest BCUT2D eigenvalue weighted by molar-refractivity contribution is 6.99. The molecule has 2 aromatic rings. The van der Waals surface area contributed by atoms with E-state index in [-0.39, 0.29) is 5.91 Å². The van der Waals surface area contributed by atoms with Gasteiger partial charge in [-0.25, -0.2) is 0 Å². The smallest absolute Gasteiger partial charge is 0.279 e. The number of amides is 1. The molecule has 2 heterocycles. The number of anilines is 1. The van der Waals surface area contributed by atoms with E-state index in [2.05, 4.69) is 14.1 Å². The SMILES string of the molecule is O=C(c1cnsn1)N1CCNCc2ccccc21. The van der Waals surface area contributed by atoms with Crippen molar-refractivity contribution < 1.29 is 4.79 Å². The van der Waals surface area contributed by atoms with Gasteiger partial charge in [0.25, 0.3) is 5.91 Å². The lowest BCUT2D eigenvalue weighted by Crippen LogP contribution is -2.34. The van der Waals surface area contributed by atoms with Crippen LogP contribution in [-0.2, 0) is 6.54 Å². The molecule has 5 nitrogen and oxygen atoms in total. The molecule has 0 bridgehead atoms. The van der Waals surface area contributed by atoms with Crippen molar-refractivity contribution in [2.45, 2.75) is 6.54 Å². The number of aromatic nitrogens is 2. The first-order valence-corrected chi connectivity index (χ1v) is 6.47. The highest BCUT2D eigenvalue weighted by atomic mass is 32.1. The monoisotopic (exact) mass is 260 g/mol. The lowest BCUT2D eigenvalue weighted by atomic mass is 10.1. The Bertz CT molecular complexity index is 555. The van der Waals surface area contributed by atoms with Crippen LogP contribution < -0.4 is 10.2 Å². The molecule has 1 aliphatic rings. The van der Waals surface area contributed by atoms with E-state index in [4.69, 9.17) is 0 Å². The van der Waals surface area contributed by atoms with Gasteiger partial charge in [0.1, 0.15) is 0 Å². The van der Waals surface area contributed by atoms with Crippen LogP contribution in [0.5, 0.6) is 0 Å². The number of hydrogen-bond donors (Lipinski definition) is 1. The van der Waals surface area contributed by atoms with Gasteiger partial charge < -0.3 is 10.2 Å².